The molecule has 386 valence electrons. The van der Waals surface area contributed by atoms with E-state index >= 15 is 0 Å². The highest BCUT2D eigenvalue weighted by Gasteiger charge is 2.16. The SMILES string of the molecule is CC/C=C\C/C=C\C/C=C\C/C=C\C/C=C\C/C=C\C/C=C\CCCCCCCCCCCCCCCCCCCC(=O)OC(CO)COC(=O)CCCCCCCCCCCCCCCC. The first-order valence-electron chi connectivity index (χ1n) is 28.6. The van der Waals surface area contributed by atoms with E-state index in [1.165, 1.54) is 167 Å². The van der Waals surface area contributed by atoms with Crippen molar-refractivity contribution in [1.82, 2.24) is 0 Å². The van der Waals surface area contributed by atoms with E-state index in [4.69, 9.17) is 9.47 Å². The second kappa shape index (κ2) is 57.4. The molecule has 1 N–H and O–H groups in total. The molecule has 0 bridgehead atoms. The molecule has 67 heavy (non-hydrogen) atoms. The fourth-order valence-corrected chi connectivity index (χ4v) is 8.18. The summed E-state index contributed by atoms with van der Waals surface area (Å²) >= 11 is 0. The Labute approximate surface area is 416 Å². The predicted molar refractivity (Wildman–Crippen MR) is 293 cm³/mol. The largest absolute Gasteiger partial charge is 0.462 e. The molecule has 0 aromatic carbocycles. The highest BCUT2D eigenvalue weighted by molar-refractivity contribution is 5.70. The zero-order chi connectivity index (χ0) is 48.5. The molecule has 5 heteroatoms. The van der Waals surface area contributed by atoms with Gasteiger partial charge in [0.05, 0.1) is 6.61 Å². The van der Waals surface area contributed by atoms with Crippen molar-refractivity contribution in [3.05, 3.63) is 85.1 Å². The highest BCUT2D eigenvalue weighted by Crippen LogP contribution is 2.16. The van der Waals surface area contributed by atoms with Gasteiger partial charge in [-0.15, -0.1) is 0 Å². The van der Waals surface area contributed by atoms with Gasteiger partial charge in [-0.2, -0.15) is 0 Å². The zero-order valence-corrected chi connectivity index (χ0v) is 44.1. The summed E-state index contributed by atoms with van der Waals surface area (Å²) in [6, 6.07) is 0. The number of ether oxygens (including phenoxy) is 2. The molecule has 0 radical (unpaired) electrons. The lowest BCUT2D eigenvalue weighted by molar-refractivity contribution is -0.161. The van der Waals surface area contributed by atoms with Crippen molar-refractivity contribution in [2.45, 2.75) is 283 Å². The Balaban J connectivity index is 3.46. The van der Waals surface area contributed by atoms with Crippen LogP contribution in [0.15, 0.2) is 85.1 Å². The van der Waals surface area contributed by atoms with Crippen LogP contribution in [0.3, 0.4) is 0 Å². The minimum atomic E-state index is -0.771. The standard InChI is InChI=1S/C62H108O5/c1-3-5-7-9-11-13-15-17-19-20-21-22-23-24-25-26-27-28-29-30-31-32-33-34-35-36-37-38-39-40-41-42-43-45-47-49-51-53-55-57-62(65)67-60(58-63)59-66-61(64)56-54-52-50-48-46-44-18-16-14-12-10-8-6-4-2/h5,7,11,13,17,19,21-22,24-25,27-28,30-31,60,63H,3-4,6,8-10,12,14-16,18,20,23,26,29,32-59H2,1-2H3/b7-5-,13-11-,19-17-,22-21-,25-24-,28-27-,31-30-. The lowest BCUT2D eigenvalue weighted by Gasteiger charge is -2.15. The zero-order valence-electron chi connectivity index (χ0n) is 44.1. The minimum Gasteiger partial charge on any atom is -0.462 e. The van der Waals surface area contributed by atoms with Crippen molar-refractivity contribution in [3.63, 3.8) is 0 Å². The van der Waals surface area contributed by atoms with Crippen LogP contribution in [0.4, 0.5) is 0 Å². The molecule has 0 aliphatic heterocycles. The van der Waals surface area contributed by atoms with E-state index in [0.29, 0.717) is 12.8 Å². The van der Waals surface area contributed by atoms with E-state index in [2.05, 4.69) is 98.9 Å². The Hall–Kier alpha value is -2.92. The van der Waals surface area contributed by atoms with E-state index < -0.39 is 6.10 Å². The van der Waals surface area contributed by atoms with Gasteiger partial charge in [-0.25, -0.2) is 0 Å². The van der Waals surface area contributed by atoms with E-state index in [9.17, 15) is 14.7 Å². The number of carbonyl (C=O) groups excluding carboxylic acids is 2. The molecule has 0 saturated heterocycles. The summed E-state index contributed by atoms with van der Waals surface area (Å²) in [7, 11) is 0. The summed E-state index contributed by atoms with van der Waals surface area (Å²) < 4.78 is 10.7. The van der Waals surface area contributed by atoms with E-state index in [1.54, 1.807) is 0 Å². The Kier molecular flexibility index (Phi) is 54.9. The molecule has 0 aromatic heterocycles. The normalized spacial score (nSPS) is 12.8. The molecule has 0 spiro atoms. The first-order valence-corrected chi connectivity index (χ1v) is 28.6. The molecular formula is C62H108O5. The van der Waals surface area contributed by atoms with Crippen LogP contribution in [-0.2, 0) is 19.1 Å². The van der Waals surface area contributed by atoms with Crippen molar-refractivity contribution in [2.24, 2.45) is 0 Å². The number of allylic oxidation sites excluding steroid dienone is 14. The van der Waals surface area contributed by atoms with Crippen molar-refractivity contribution in [3.8, 4) is 0 Å². The van der Waals surface area contributed by atoms with Crippen LogP contribution >= 0.6 is 0 Å². The van der Waals surface area contributed by atoms with Gasteiger partial charge in [-0.05, 0) is 70.6 Å². The third-order valence-corrected chi connectivity index (χ3v) is 12.5. The smallest absolute Gasteiger partial charge is 0.306 e. The molecule has 0 aromatic rings. The van der Waals surface area contributed by atoms with Crippen LogP contribution in [-0.4, -0.2) is 36.4 Å². The number of hydrogen-bond acceptors (Lipinski definition) is 5. The predicted octanol–water partition coefficient (Wildman–Crippen LogP) is 19.4. The number of unbranched alkanes of at least 4 members (excludes halogenated alkanes) is 30. The van der Waals surface area contributed by atoms with Gasteiger partial charge in [-0.1, -0.05) is 279 Å². The van der Waals surface area contributed by atoms with Crippen LogP contribution in [0.5, 0.6) is 0 Å². The molecule has 1 unspecified atom stereocenters. The number of hydrogen-bond donors (Lipinski definition) is 1. The highest BCUT2D eigenvalue weighted by atomic mass is 16.6. The molecule has 0 rings (SSSR count). The van der Waals surface area contributed by atoms with Crippen molar-refractivity contribution in [2.75, 3.05) is 13.2 Å². The van der Waals surface area contributed by atoms with Crippen LogP contribution in [0.2, 0.25) is 0 Å². The molecule has 1 atom stereocenters. The molecule has 0 fully saturated rings. The Morgan fingerprint density at radius 3 is 0.970 bits per heavy atom. The van der Waals surface area contributed by atoms with Gasteiger partial charge in [0, 0.05) is 12.8 Å². The number of esters is 2. The van der Waals surface area contributed by atoms with Crippen molar-refractivity contribution in [1.29, 1.82) is 0 Å². The van der Waals surface area contributed by atoms with Gasteiger partial charge in [0.1, 0.15) is 6.61 Å². The summed E-state index contributed by atoms with van der Waals surface area (Å²) in [5.41, 5.74) is 0. The van der Waals surface area contributed by atoms with E-state index in [0.717, 1.165) is 83.5 Å². The van der Waals surface area contributed by atoms with Crippen LogP contribution in [0.1, 0.15) is 277 Å². The maximum atomic E-state index is 12.3. The Morgan fingerprint density at radius 2 is 0.642 bits per heavy atom. The molecular weight excluding hydrogens is 825 g/mol. The Bertz CT molecular complexity index is 1240. The van der Waals surface area contributed by atoms with E-state index in [-0.39, 0.29) is 25.2 Å². The summed E-state index contributed by atoms with van der Waals surface area (Å²) in [6.45, 7) is 4.04. The lowest BCUT2D eigenvalue weighted by Crippen LogP contribution is -2.28. The fourth-order valence-electron chi connectivity index (χ4n) is 8.18. The second-order valence-corrected chi connectivity index (χ2v) is 19.0. The number of carbonyl (C=O) groups is 2. The molecule has 0 aliphatic carbocycles. The van der Waals surface area contributed by atoms with Gasteiger partial charge in [0.15, 0.2) is 6.10 Å². The number of aliphatic hydroxyl groups excluding tert-OH is 1. The number of rotatable bonds is 52. The minimum absolute atomic E-state index is 0.0630. The van der Waals surface area contributed by atoms with Gasteiger partial charge in [0.25, 0.3) is 0 Å². The molecule has 0 saturated carbocycles. The summed E-state index contributed by atoms with van der Waals surface area (Å²) in [4.78, 5) is 24.4. The summed E-state index contributed by atoms with van der Waals surface area (Å²) in [5.74, 6) is -0.580. The second-order valence-electron chi connectivity index (χ2n) is 19.0. The van der Waals surface area contributed by atoms with Gasteiger partial charge in [0.2, 0.25) is 0 Å². The quantitative estimate of drug-likeness (QED) is 0.0374. The fraction of sp³-hybridized carbons (Fsp3) is 0.742. The molecule has 0 heterocycles. The first kappa shape index (κ1) is 64.1. The molecule has 0 aliphatic rings. The average molecular weight is 934 g/mol. The lowest BCUT2D eigenvalue weighted by atomic mass is 10.0. The third-order valence-electron chi connectivity index (χ3n) is 12.5. The molecule has 5 nitrogen and oxygen atoms in total. The van der Waals surface area contributed by atoms with Crippen LogP contribution < -0.4 is 0 Å². The van der Waals surface area contributed by atoms with Crippen molar-refractivity contribution >= 4 is 11.9 Å². The Morgan fingerprint density at radius 1 is 0.358 bits per heavy atom. The summed E-state index contributed by atoms with van der Waals surface area (Å²) in [5, 5.41) is 9.63. The first-order chi connectivity index (χ1) is 33.1. The van der Waals surface area contributed by atoms with E-state index in [1.807, 2.05) is 0 Å². The molecule has 0 amide bonds. The third kappa shape index (κ3) is 55.6. The van der Waals surface area contributed by atoms with Crippen LogP contribution in [0, 0.1) is 0 Å². The monoisotopic (exact) mass is 933 g/mol. The van der Waals surface area contributed by atoms with Crippen LogP contribution in [0.25, 0.3) is 0 Å². The van der Waals surface area contributed by atoms with Gasteiger partial charge >= 0.3 is 11.9 Å². The van der Waals surface area contributed by atoms with Crippen molar-refractivity contribution < 1.29 is 24.2 Å². The average Bonchev–Trinajstić information content (AvgIpc) is 3.33. The van der Waals surface area contributed by atoms with Gasteiger partial charge < -0.3 is 14.6 Å². The maximum Gasteiger partial charge on any atom is 0.306 e. The topological polar surface area (TPSA) is 72.8 Å². The van der Waals surface area contributed by atoms with Gasteiger partial charge in [-0.3, -0.25) is 9.59 Å². The number of aliphatic hydroxyl groups is 1. The summed E-state index contributed by atoms with van der Waals surface area (Å²) in [6.07, 6.45) is 79.9. The maximum absolute atomic E-state index is 12.3.